The number of urea groups is 1. The van der Waals surface area contributed by atoms with Crippen LogP contribution in [-0.2, 0) is 17.8 Å². The van der Waals surface area contributed by atoms with Gasteiger partial charge in [-0.3, -0.25) is 4.79 Å². The van der Waals surface area contributed by atoms with E-state index in [0.717, 1.165) is 28.5 Å². The van der Waals surface area contributed by atoms with Crippen molar-refractivity contribution in [3.63, 3.8) is 0 Å². The fourth-order valence-electron chi connectivity index (χ4n) is 3.39. The molecule has 0 unspecified atom stereocenters. The number of H-pyrrole nitrogens is 1. The Balaban J connectivity index is 1.49. The number of amides is 3. The van der Waals surface area contributed by atoms with Crippen molar-refractivity contribution >= 4 is 11.9 Å². The Hall–Kier alpha value is -3.03. The van der Waals surface area contributed by atoms with Gasteiger partial charge in [-0.15, -0.1) is 0 Å². The number of carbonyl (C=O) groups excluding carboxylic acids is 2. The second-order valence-electron chi connectivity index (χ2n) is 6.63. The van der Waals surface area contributed by atoms with Crippen LogP contribution in [0.4, 0.5) is 4.79 Å². The van der Waals surface area contributed by atoms with Crippen molar-refractivity contribution in [3.8, 4) is 17.1 Å². The van der Waals surface area contributed by atoms with Gasteiger partial charge in [-0.05, 0) is 24.3 Å². The number of hydrogen-bond donors (Lipinski definition) is 2. The molecule has 1 aromatic carbocycles. The number of nitrogens with zero attached hydrogens (tertiary/aromatic N) is 3. The third-order valence-corrected chi connectivity index (χ3v) is 4.91. The quantitative estimate of drug-likeness (QED) is 0.859. The number of fused-ring (bicyclic) bond motifs is 1. The third-order valence-electron chi connectivity index (χ3n) is 4.91. The van der Waals surface area contributed by atoms with Gasteiger partial charge < -0.3 is 24.8 Å². The summed E-state index contributed by atoms with van der Waals surface area (Å²) in [6.07, 6.45) is 0.699. The molecule has 3 heterocycles. The maximum absolute atomic E-state index is 12.7. The first kappa shape index (κ1) is 16.4. The zero-order chi connectivity index (χ0) is 18.3. The van der Waals surface area contributed by atoms with E-state index in [1.165, 1.54) is 4.90 Å². The molecule has 0 aliphatic carbocycles. The summed E-state index contributed by atoms with van der Waals surface area (Å²) in [5, 5.41) is 2.72. The van der Waals surface area contributed by atoms with Crippen LogP contribution in [0.25, 0.3) is 11.4 Å². The van der Waals surface area contributed by atoms with Gasteiger partial charge >= 0.3 is 6.03 Å². The third kappa shape index (κ3) is 2.87. The van der Waals surface area contributed by atoms with E-state index < -0.39 is 6.04 Å². The monoisotopic (exact) mass is 355 g/mol. The number of carbonyl (C=O) groups is 2. The number of hydrogen-bond acceptors (Lipinski definition) is 4. The molecule has 2 N–H and O–H groups in total. The molecule has 26 heavy (non-hydrogen) atoms. The molecule has 0 radical (unpaired) electrons. The smallest absolute Gasteiger partial charge is 0.317 e. The van der Waals surface area contributed by atoms with Crippen LogP contribution in [0.5, 0.6) is 5.75 Å². The Labute approximate surface area is 151 Å². The predicted octanol–water partition coefficient (Wildman–Crippen LogP) is 0.994. The molecule has 2 aliphatic rings. The molecule has 1 atom stereocenters. The molecular formula is C18H21N5O3. The Morgan fingerprint density at radius 3 is 2.73 bits per heavy atom. The topological polar surface area (TPSA) is 90.6 Å². The van der Waals surface area contributed by atoms with Crippen LogP contribution in [0.1, 0.15) is 11.4 Å². The highest BCUT2D eigenvalue weighted by atomic mass is 16.5. The van der Waals surface area contributed by atoms with Gasteiger partial charge in [-0.25, -0.2) is 9.78 Å². The van der Waals surface area contributed by atoms with E-state index in [0.29, 0.717) is 26.1 Å². The molecule has 1 aromatic heterocycles. The SMILES string of the molecule is COc1ccc(-c2nc3c([nH]2)CN(C(=O)[C@@H]2CN(C)C(=O)N2)CC3)cc1. The van der Waals surface area contributed by atoms with Gasteiger partial charge in [0.15, 0.2) is 0 Å². The predicted molar refractivity (Wildman–Crippen MR) is 94.6 cm³/mol. The van der Waals surface area contributed by atoms with Gasteiger partial charge in [0.25, 0.3) is 0 Å². The van der Waals surface area contributed by atoms with Crippen molar-refractivity contribution in [1.29, 1.82) is 0 Å². The van der Waals surface area contributed by atoms with Gasteiger partial charge in [0.05, 0.1) is 31.6 Å². The highest BCUT2D eigenvalue weighted by molar-refractivity contribution is 5.90. The lowest BCUT2D eigenvalue weighted by molar-refractivity contribution is -0.133. The average molecular weight is 355 g/mol. The van der Waals surface area contributed by atoms with Crippen LogP contribution in [0.15, 0.2) is 24.3 Å². The molecule has 0 bridgehead atoms. The maximum Gasteiger partial charge on any atom is 0.317 e. The molecule has 136 valence electrons. The van der Waals surface area contributed by atoms with Crippen LogP contribution in [0.3, 0.4) is 0 Å². The summed E-state index contributed by atoms with van der Waals surface area (Å²) in [6.45, 7) is 1.49. The Morgan fingerprint density at radius 1 is 1.31 bits per heavy atom. The Kier molecular flexibility index (Phi) is 4.02. The van der Waals surface area contributed by atoms with Gasteiger partial charge in [0.2, 0.25) is 5.91 Å². The molecule has 8 heteroatoms. The van der Waals surface area contributed by atoms with Gasteiger partial charge in [0, 0.05) is 25.6 Å². The van der Waals surface area contributed by atoms with E-state index in [1.807, 2.05) is 24.3 Å². The molecule has 3 amide bonds. The summed E-state index contributed by atoms with van der Waals surface area (Å²) in [7, 11) is 3.32. The molecule has 2 aromatic rings. The Morgan fingerprint density at radius 2 is 2.08 bits per heavy atom. The van der Waals surface area contributed by atoms with Gasteiger partial charge in [-0.1, -0.05) is 0 Å². The Bertz CT molecular complexity index is 845. The fraction of sp³-hybridized carbons (Fsp3) is 0.389. The summed E-state index contributed by atoms with van der Waals surface area (Å²) in [5.74, 6) is 1.54. The van der Waals surface area contributed by atoms with Gasteiger partial charge in [-0.2, -0.15) is 0 Å². The molecule has 8 nitrogen and oxygen atoms in total. The van der Waals surface area contributed by atoms with Gasteiger partial charge in [0.1, 0.15) is 17.6 Å². The number of aromatic nitrogens is 2. The summed E-state index contributed by atoms with van der Waals surface area (Å²) >= 11 is 0. The normalized spacial score (nSPS) is 19.3. The minimum absolute atomic E-state index is 0.0473. The second kappa shape index (κ2) is 6.36. The lowest BCUT2D eigenvalue weighted by atomic mass is 10.1. The maximum atomic E-state index is 12.7. The number of benzene rings is 1. The number of rotatable bonds is 3. The summed E-state index contributed by atoms with van der Waals surface area (Å²) in [4.78, 5) is 35.6. The van der Waals surface area contributed by atoms with Crippen LogP contribution in [-0.4, -0.2) is 65.0 Å². The summed E-state index contributed by atoms with van der Waals surface area (Å²) in [6, 6.07) is 7.02. The standard InChI is InChI=1S/C18H21N5O3/c1-22-9-15(21-18(22)25)17(24)23-8-7-13-14(10-23)20-16(19-13)11-3-5-12(26-2)6-4-11/h3-6,15H,7-10H2,1-2H3,(H,19,20)(H,21,25)/t15-/m0/s1. The zero-order valence-corrected chi connectivity index (χ0v) is 14.8. The summed E-state index contributed by atoms with van der Waals surface area (Å²) < 4.78 is 5.18. The van der Waals surface area contributed by atoms with E-state index in [4.69, 9.17) is 4.74 Å². The van der Waals surface area contributed by atoms with Crippen molar-refractivity contribution in [2.24, 2.45) is 0 Å². The van der Waals surface area contributed by atoms with E-state index >= 15 is 0 Å². The first-order valence-corrected chi connectivity index (χ1v) is 8.58. The van der Waals surface area contributed by atoms with Crippen molar-refractivity contribution < 1.29 is 14.3 Å². The lowest BCUT2D eigenvalue weighted by Crippen LogP contribution is -2.47. The van der Waals surface area contributed by atoms with Crippen molar-refractivity contribution in [2.45, 2.75) is 19.0 Å². The first-order valence-electron chi connectivity index (χ1n) is 8.58. The van der Waals surface area contributed by atoms with Crippen molar-refractivity contribution in [2.75, 3.05) is 27.2 Å². The minimum Gasteiger partial charge on any atom is -0.497 e. The molecule has 0 spiro atoms. The number of aromatic amines is 1. The van der Waals surface area contributed by atoms with Crippen LogP contribution < -0.4 is 10.1 Å². The van der Waals surface area contributed by atoms with Crippen LogP contribution >= 0.6 is 0 Å². The molecular weight excluding hydrogens is 334 g/mol. The number of methoxy groups -OCH3 is 1. The average Bonchev–Trinajstić information content (AvgIpc) is 3.24. The molecule has 2 aliphatic heterocycles. The van der Waals surface area contributed by atoms with Crippen molar-refractivity contribution in [1.82, 2.24) is 25.1 Å². The molecule has 0 saturated carbocycles. The molecule has 1 saturated heterocycles. The number of imidazole rings is 1. The number of likely N-dealkylation sites (N-methyl/N-ethyl adjacent to an activating group) is 1. The fourth-order valence-corrected chi connectivity index (χ4v) is 3.39. The second-order valence-corrected chi connectivity index (χ2v) is 6.63. The molecule has 4 rings (SSSR count). The lowest BCUT2D eigenvalue weighted by Gasteiger charge is -2.28. The number of ether oxygens (including phenoxy) is 1. The number of nitrogens with one attached hydrogen (secondary N) is 2. The highest BCUT2D eigenvalue weighted by Crippen LogP contribution is 2.25. The minimum atomic E-state index is -0.474. The highest BCUT2D eigenvalue weighted by Gasteiger charge is 2.35. The summed E-state index contributed by atoms with van der Waals surface area (Å²) in [5.41, 5.74) is 2.92. The van der Waals surface area contributed by atoms with Crippen molar-refractivity contribution in [3.05, 3.63) is 35.7 Å². The van der Waals surface area contributed by atoms with Crippen LogP contribution in [0, 0.1) is 0 Å². The zero-order valence-electron chi connectivity index (χ0n) is 14.8. The van der Waals surface area contributed by atoms with Crippen LogP contribution in [0.2, 0.25) is 0 Å². The van der Waals surface area contributed by atoms with E-state index in [9.17, 15) is 9.59 Å². The first-order chi connectivity index (χ1) is 12.5. The molecule has 1 fully saturated rings. The largest absolute Gasteiger partial charge is 0.497 e. The van der Waals surface area contributed by atoms with E-state index in [1.54, 1.807) is 19.1 Å². The van der Waals surface area contributed by atoms with E-state index in [-0.39, 0.29) is 11.9 Å². The van der Waals surface area contributed by atoms with E-state index in [2.05, 4.69) is 15.3 Å².